The standard InChI is InChI=1S/C25H31ClF3N7O4S/c1-15-12-36-22(31-23(15)34-7-6-18(30)13-34)11-21(32-36)16(2)35(8-9-40-14-25(27,28)29)24(37)19-10-17(26)4-5-20(19)33-41(3,38)39/h4-5,10-12,16,18,33H,6-9,13-14,30H2,1-3H3/t16-,18-/m0/s1. The Labute approximate surface area is 240 Å². The molecule has 41 heavy (non-hydrogen) atoms. The van der Waals surface area contributed by atoms with Crippen LogP contribution in [0.5, 0.6) is 0 Å². The maximum atomic E-state index is 13.8. The fourth-order valence-corrected chi connectivity index (χ4v) is 5.39. The third-order valence-electron chi connectivity index (χ3n) is 6.55. The molecule has 3 aromatic rings. The quantitative estimate of drug-likeness (QED) is 0.331. The Balaban J connectivity index is 1.68. The molecular formula is C25H31ClF3N7O4S. The molecule has 3 heterocycles. The second kappa shape index (κ2) is 12.0. The van der Waals surface area contributed by atoms with E-state index < -0.39 is 41.4 Å². The maximum Gasteiger partial charge on any atom is 0.411 e. The fraction of sp³-hybridized carbons (Fsp3) is 0.480. The lowest BCUT2D eigenvalue weighted by atomic mass is 10.1. The zero-order valence-corrected chi connectivity index (χ0v) is 24.2. The molecule has 16 heteroatoms. The molecule has 0 saturated carbocycles. The molecule has 11 nitrogen and oxygen atoms in total. The molecule has 0 unspecified atom stereocenters. The van der Waals surface area contributed by atoms with Crippen molar-refractivity contribution < 1.29 is 31.1 Å². The van der Waals surface area contributed by atoms with E-state index in [9.17, 15) is 26.4 Å². The molecular weight excluding hydrogens is 587 g/mol. The number of halogens is 4. The van der Waals surface area contributed by atoms with Crippen molar-refractivity contribution in [2.45, 2.75) is 38.5 Å². The lowest BCUT2D eigenvalue weighted by Gasteiger charge is -2.29. The van der Waals surface area contributed by atoms with Gasteiger partial charge in [-0.15, -0.1) is 0 Å². The second-order valence-electron chi connectivity index (χ2n) is 10.0. The van der Waals surface area contributed by atoms with Crippen LogP contribution in [0.2, 0.25) is 5.02 Å². The zero-order valence-electron chi connectivity index (χ0n) is 22.7. The van der Waals surface area contributed by atoms with E-state index in [0.717, 1.165) is 30.6 Å². The Morgan fingerprint density at radius 3 is 2.71 bits per heavy atom. The SMILES string of the molecule is Cc1cn2nc([C@H](C)N(CCOCC(F)(F)F)C(=O)c3cc(Cl)ccc3NS(C)(=O)=O)cc2nc1N1CC[C@H](N)C1. The number of aromatic nitrogens is 3. The van der Waals surface area contributed by atoms with Crippen LogP contribution in [-0.4, -0.2) is 85.1 Å². The number of aryl methyl sites for hydroxylation is 1. The monoisotopic (exact) mass is 617 g/mol. The van der Waals surface area contributed by atoms with Gasteiger partial charge in [-0.2, -0.15) is 18.3 Å². The van der Waals surface area contributed by atoms with Gasteiger partial charge in [-0.25, -0.2) is 17.9 Å². The highest BCUT2D eigenvalue weighted by Crippen LogP contribution is 2.29. The summed E-state index contributed by atoms with van der Waals surface area (Å²) in [6.07, 6.45) is -0.957. The highest BCUT2D eigenvalue weighted by atomic mass is 35.5. The van der Waals surface area contributed by atoms with Crippen LogP contribution in [0, 0.1) is 6.92 Å². The lowest BCUT2D eigenvalue weighted by Crippen LogP contribution is -2.37. The topological polar surface area (TPSA) is 135 Å². The van der Waals surface area contributed by atoms with E-state index in [2.05, 4.69) is 14.7 Å². The molecule has 224 valence electrons. The average molecular weight is 618 g/mol. The Hall–Kier alpha value is -3.14. The van der Waals surface area contributed by atoms with Crippen molar-refractivity contribution >= 4 is 44.7 Å². The minimum absolute atomic E-state index is 0.0314. The summed E-state index contributed by atoms with van der Waals surface area (Å²) in [7, 11) is -3.77. The summed E-state index contributed by atoms with van der Waals surface area (Å²) in [6.45, 7) is 2.83. The van der Waals surface area contributed by atoms with E-state index in [1.54, 1.807) is 23.7 Å². The number of ether oxygens (including phenoxy) is 1. The highest BCUT2D eigenvalue weighted by Gasteiger charge is 2.30. The van der Waals surface area contributed by atoms with Crippen LogP contribution in [0.1, 0.15) is 41.0 Å². The van der Waals surface area contributed by atoms with E-state index in [4.69, 9.17) is 27.1 Å². The molecule has 1 fully saturated rings. The minimum atomic E-state index is -4.54. The molecule has 1 amide bonds. The number of hydrogen-bond donors (Lipinski definition) is 2. The first kappa shape index (κ1) is 30.8. The van der Waals surface area contributed by atoms with Gasteiger partial charge in [0, 0.05) is 48.5 Å². The van der Waals surface area contributed by atoms with Gasteiger partial charge in [0.25, 0.3) is 5.91 Å². The van der Waals surface area contributed by atoms with Gasteiger partial charge in [-0.05, 0) is 38.5 Å². The Kier molecular flexibility index (Phi) is 9.01. The number of carbonyl (C=O) groups is 1. The van der Waals surface area contributed by atoms with E-state index in [1.807, 2.05) is 6.92 Å². The summed E-state index contributed by atoms with van der Waals surface area (Å²) in [5.74, 6) is 0.0863. The van der Waals surface area contributed by atoms with Gasteiger partial charge in [0.2, 0.25) is 10.0 Å². The first-order valence-corrected chi connectivity index (χ1v) is 15.0. The molecule has 2 aromatic heterocycles. The van der Waals surface area contributed by atoms with Crippen molar-refractivity contribution in [1.29, 1.82) is 0 Å². The van der Waals surface area contributed by atoms with Crippen LogP contribution in [-0.2, 0) is 14.8 Å². The van der Waals surface area contributed by atoms with Crippen LogP contribution < -0.4 is 15.4 Å². The first-order chi connectivity index (χ1) is 19.1. The van der Waals surface area contributed by atoms with Gasteiger partial charge < -0.3 is 20.3 Å². The number of nitrogens with one attached hydrogen (secondary N) is 1. The van der Waals surface area contributed by atoms with Crippen LogP contribution >= 0.6 is 11.6 Å². The minimum Gasteiger partial charge on any atom is -0.370 e. The summed E-state index contributed by atoms with van der Waals surface area (Å²) >= 11 is 6.12. The summed E-state index contributed by atoms with van der Waals surface area (Å²) in [6, 6.07) is 5.01. The van der Waals surface area contributed by atoms with Crippen molar-refractivity contribution in [2.24, 2.45) is 5.73 Å². The zero-order chi connectivity index (χ0) is 30.1. The highest BCUT2D eigenvalue weighted by molar-refractivity contribution is 7.92. The number of nitrogens with two attached hydrogens (primary N) is 1. The fourth-order valence-electron chi connectivity index (χ4n) is 4.64. The molecule has 0 bridgehead atoms. The Bertz CT molecular complexity index is 1530. The van der Waals surface area contributed by atoms with Crippen molar-refractivity contribution in [3.8, 4) is 0 Å². The number of benzene rings is 1. The number of hydrogen-bond acceptors (Lipinski definition) is 8. The number of alkyl halides is 3. The maximum absolute atomic E-state index is 13.8. The first-order valence-electron chi connectivity index (χ1n) is 12.7. The van der Waals surface area contributed by atoms with E-state index >= 15 is 0 Å². The molecule has 1 aliphatic heterocycles. The predicted molar refractivity (Wildman–Crippen MR) is 149 cm³/mol. The van der Waals surface area contributed by atoms with Crippen LogP contribution in [0.4, 0.5) is 24.7 Å². The molecule has 2 atom stereocenters. The van der Waals surface area contributed by atoms with Gasteiger partial charge in [0.15, 0.2) is 5.65 Å². The predicted octanol–water partition coefficient (Wildman–Crippen LogP) is 3.38. The molecule has 4 rings (SSSR count). The van der Waals surface area contributed by atoms with Gasteiger partial charge in [0.05, 0.1) is 35.8 Å². The molecule has 3 N–H and O–H groups in total. The third-order valence-corrected chi connectivity index (χ3v) is 7.38. The van der Waals surface area contributed by atoms with Crippen molar-refractivity contribution in [2.75, 3.05) is 48.7 Å². The summed E-state index contributed by atoms with van der Waals surface area (Å²) in [5.41, 5.74) is 7.74. The van der Waals surface area contributed by atoms with Gasteiger partial charge in [0.1, 0.15) is 12.4 Å². The number of anilines is 2. The number of rotatable bonds is 10. The van der Waals surface area contributed by atoms with Gasteiger partial charge >= 0.3 is 6.18 Å². The molecule has 1 aromatic carbocycles. The van der Waals surface area contributed by atoms with Crippen molar-refractivity contribution in [3.05, 3.63) is 52.3 Å². The van der Waals surface area contributed by atoms with Crippen molar-refractivity contribution in [1.82, 2.24) is 19.5 Å². The van der Waals surface area contributed by atoms with Gasteiger partial charge in [-0.3, -0.25) is 9.52 Å². The number of fused-ring (bicyclic) bond motifs is 1. The summed E-state index contributed by atoms with van der Waals surface area (Å²) in [5, 5.41) is 4.74. The van der Waals surface area contributed by atoms with E-state index in [-0.39, 0.29) is 28.9 Å². The van der Waals surface area contributed by atoms with Crippen LogP contribution in [0.25, 0.3) is 5.65 Å². The Morgan fingerprint density at radius 1 is 1.34 bits per heavy atom. The number of sulfonamides is 1. The second-order valence-corrected chi connectivity index (χ2v) is 12.2. The average Bonchev–Trinajstić information content (AvgIpc) is 3.48. The van der Waals surface area contributed by atoms with E-state index in [1.165, 1.54) is 23.1 Å². The van der Waals surface area contributed by atoms with Gasteiger partial charge in [-0.1, -0.05) is 11.6 Å². The number of carbonyl (C=O) groups excluding carboxylic acids is 1. The van der Waals surface area contributed by atoms with E-state index in [0.29, 0.717) is 17.9 Å². The molecule has 1 saturated heterocycles. The largest absolute Gasteiger partial charge is 0.411 e. The lowest BCUT2D eigenvalue weighted by molar-refractivity contribution is -0.174. The Morgan fingerprint density at radius 2 is 2.07 bits per heavy atom. The number of amides is 1. The molecule has 0 spiro atoms. The molecule has 1 aliphatic rings. The number of nitrogens with zero attached hydrogens (tertiary/aromatic N) is 5. The summed E-state index contributed by atoms with van der Waals surface area (Å²) < 4.78 is 70.6. The molecule has 0 radical (unpaired) electrons. The smallest absolute Gasteiger partial charge is 0.370 e. The molecule has 0 aliphatic carbocycles. The van der Waals surface area contributed by atoms with Crippen LogP contribution in [0.15, 0.2) is 30.5 Å². The van der Waals surface area contributed by atoms with Crippen LogP contribution in [0.3, 0.4) is 0 Å². The normalized spacial score (nSPS) is 16.8. The third kappa shape index (κ3) is 7.78. The van der Waals surface area contributed by atoms with Crippen molar-refractivity contribution in [3.63, 3.8) is 0 Å². The summed E-state index contributed by atoms with van der Waals surface area (Å²) in [4.78, 5) is 21.9.